The Hall–Kier alpha value is -0.640. The van der Waals surface area contributed by atoms with E-state index in [-0.39, 0.29) is 13.0 Å². The highest BCUT2D eigenvalue weighted by Crippen LogP contribution is 2.35. The lowest BCUT2D eigenvalue weighted by Gasteiger charge is -2.47. The van der Waals surface area contributed by atoms with Crippen molar-refractivity contribution in [2.45, 2.75) is 92.4 Å². The molecule has 37 heavy (non-hydrogen) atoms. The Bertz CT molecular complexity index is 683. The molecule has 0 aromatic rings. The summed E-state index contributed by atoms with van der Waals surface area (Å²) in [5.41, 5.74) is 0. The van der Waals surface area contributed by atoms with Gasteiger partial charge in [0.15, 0.2) is 18.9 Å². The molecule has 0 radical (unpaired) electrons. The summed E-state index contributed by atoms with van der Waals surface area (Å²) in [5, 5.41) is 99.9. The monoisotopic (exact) mass is 546 g/mol. The smallest absolute Gasteiger partial charge is 0.187 e. The van der Waals surface area contributed by atoms with Crippen LogP contribution < -0.4 is 0 Å². The predicted molar refractivity (Wildman–Crippen MR) is 115 cm³/mol. The summed E-state index contributed by atoms with van der Waals surface area (Å²) < 4.78 is 33.0. The number of methoxy groups -OCH3 is 1. The highest BCUT2D eigenvalue weighted by molar-refractivity contribution is 4.95. The first-order valence-corrected chi connectivity index (χ1v) is 11.9. The van der Waals surface area contributed by atoms with Crippen LogP contribution in [0, 0.1) is 5.92 Å². The maximum atomic E-state index is 11.1. The van der Waals surface area contributed by atoms with Crippen molar-refractivity contribution in [1.29, 1.82) is 0 Å². The first-order valence-electron chi connectivity index (χ1n) is 11.9. The van der Waals surface area contributed by atoms with Crippen molar-refractivity contribution in [3.05, 3.63) is 0 Å². The van der Waals surface area contributed by atoms with Crippen molar-refractivity contribution >= 4 is 0 Å². The SMILES string of the molecule is CO[C@H]1O[C@H](CO[C@H]2O[C@H](CO)[C@@H](O)[C@H](O)[C@@H]2O)[C@@H](O)[C@H](O[C@H]2O[C@H](CO)[C@@H](O)[C@H](O)[C@@H]2O)[C@@H]1CCO. The number of ether oxygens (including phenoxy) is 6. The van der Waals surface area contributed by atoms with Crippen molar-refractivity contribution in [3.63, 3.8) is 0 Å². The van der Waals surface area contributed by atoms with Gasteiger partial charge >= 0.3 is 0 Å². The van der Waals surface area contributed by atoms with Crippen LogP contribution >= 0.6 is 0 Å². The summed E-state index contributed by atoms with van der Waals surface area (Å²) >= 11 is 0. The Morgan fingerprint density at radius 3 is 1.62 bits per heavy atom. The van der Waals surface area contributed by atoms with Crippen molar-refractivity contribution in [2.24, 2.45) is 5.92 Å². The van der Waals surface area contributed by atoms with E-state index in [4.69, 9.17) is 28.4 Å². The van der Waals surface area contributed by atoms with E-state index < -0.39 is 112 Å². The quantitative estimate of drug-likeness (QED) is 0.122. The van der Waals surface area contributed by atoms with Crippen LogP contribution in [0.25, 0.3) is 0 Å². The first kappa shape index (κ1) is 30.9. The van der Waals surface area contributed by atoms with E-state index in [1.54, 1.807) is 0 Å². The third-order valence-corrected chi connectivity index (χ3v) is 6.91. The molecule has 3 heterocycles. The molecule has 3 saturated heterocycles. The van der Waals surface area contributed by atoms with Crippen molar-refractivity contribution in [2.75, 3.05) is 33.5 Å². The van der Waals surface area contributed by atoms with Crippen LogP contribution in [-0.2, 0) is 28.4 Å². The van der Waals surface area contributed by atoms with E-state index in [9.17, 15) is 51.1 Å². The highest BCUT2D eigenvalue weighted by atomic mass is 16.7. The largest absolute Gasteiger partial charge is 0.396 e. The van der Waals surface area contributed by atoms with Gasteiger partial charge in [-0.15, -0.1) is 0 Å². The molecule has 0 unspecified atom stereocenters. The molecule has 0 aromatic heterocycles. The van der Waals surface area contributed by atoms with Gasteiger partial charge in [0.25, 0.3) is 0 Å². The molecule has 16 heteroatoms. The zero-order valence-electron chi connectivity index (χ0n) is 20.1. The van der Waals surface area contributed by atoms with Gasteiger partial charge in [-0.05, 0) is 6.42 Å². The maximum Gasteiger partial charge on any atom is 0.187 e. The van der Waals surface area contributed by atoms with Crippen LogP contribution in [0.2, 0.25) is 0 Å². The van der Waals surface area contributed by atoms with Gasteiger partial charge in [-0.25, -0.2) is 0 Å². The number of rotatable bonds is 10. The van der Waals surface area contributed by atoms with Crippen LogP contribution in [-0.4, -0.2) is 171 Å². The number of aliphatic hydroxyl groups excluding tert-OH is 10. The number of hydrogen-bond donors (Lipinski definition) is 10. The van der Waals surface area contributed by atoms with Gasteiger partial charge in [0.1, 0.15) is 61.0 Å². The molecule has 3 rings (SSSR count). The van der Waals surface area contributed by atoms with E-state index in [1.807, 2.05) is 0 Å². The molecule has 0 aromatic carbocycles. The summed E-state index contributed by atoms with van der Waals surface area (Å²) in [6, 6.07) is 0. The van der Waals surface area contributed by atoms with E-state index in [0.717, 1.165) is 0 Å². The van der Waals surface area contributed by atoms with Crippen molar-refractivity contribution in [3.8, 4) is 0 Å². The molecule has 3 aliphatic rings. The van der Waals surface area contributed by atoms with Gasteiger partial charge in [-0.1, -0.05) is 0 Å². The lowest BCUT2D eigenvalue weighted by molar-refractivity contribution is -0.358. The molecule has 0 amide bonds. The summed E-state index contributed by atoms with van der Waals surface area (Å²) in [5.74, 6) is -0.819. The Labute approximate surface area is 212 Å². The Morgan fingerprint density at radius 2 is 1.11 bits per heavy atom. The van der Waals surface area contributed by atoms with Crippen molar-refractivity contribution < 1.29 is 79.5 Å². The summed E-state index contributed by atoms with van der Waals surface area (Å²) in [4.78, 5) is 0. The molecule has 3 fully saturated rings. The third kappa shape index (κ3) is 6.58. The Morgan fingerprint density at radius 1 is 0.595 bits per heavy atom. The Balaban J connectivity index is 1.75. The molecular formula is C21H38O16. The van der Waals surface area contributed by atoms with Gasteiger partial charge in [0.2, 0.25) is 0 Å². The second-order valence-electron chi connectivity index (χ2n) is 9.27. The summed E-state index contributed by atoms with van der Waals surface area (Å²) in [6.45, 7) is -2.19. The van der Waals surface area contributed by atoms with E-state index in [2.05, 4.69) is 0 Å². The summed E-state index contributed by atoms with van der Waals surface area (Å²) in [6.07, 6.45) is -20.7. The second kappa shape index (κ2) is 13.6. The minimum absolute atomic E-state index is 0.0118. The molecular weight excluding hydrogens is 508 g/mol. The zero-order valence-corrected chi connectivity index (χ0v) is 20.1. The second-order valence-corrected chi connectivity index (χ2v) is 9.27. The van der Waals surface area contributed by atoms with Crippen molar-refractivity contribution in [1.82, 2.24) is 0 Å². The third-order valence-electron chi connectivity index (χ3n) is 6.91. The molecule has 0 aliphatic carbocycles. The average molecular weight is 547 g/mol. The van der Waals surface area contributed by atoms with Crippen LogP contribution in [0.3, 0.4) is 0 Å². The van der Waals surface area contributed by atoms with Gasteiger partial charge in [0, 0.05) is 19.6 Å². The predicted octanol–water partition coefficient (Wildman–Crippen LogP) is -6.28. The van der Waals surface area contributed by atoms with Crippen LogP contribution in [0.5, 0.6) is 0 Å². The molecule has 16 nitrogen and oxygen atoms in total. The van der Waals surface area contributed by atoms with Crippen LogP contribution in [0.1, 0.15) is 6.42 Å². The number of hydrogen-bond acceptors (Lipinski definition) is 16. The zero-order chi connectivity index (χ0) is 27.4. The minimum atomic E-state index is -1.76. The fraction of sp³-hybridized carbons (Fsp3) is 1.00. The standard InChI is InChI=1S/C21H38O16/c1-32-19-7(2-3-22)18(37-21-17(31)15(29)12(26)9(5-24)35-21)13(27)10(36-19)6-33-20-16(30)14(28)11(25)8(4-23)34-20/h7-31H,2-6H2,1H3/t7-,8+,9+,10+,11+,12+,13+,14-,15-,16-,17-,18+,19-,20-,21+/m0/s1. The maximum absolute atomic E-state index is 11.1. The van der Waals surface area contributed by atoms with E-state index >= 15 is 0 Å². The lowest BCUT2D eigenvalue weighted by atomic mass is 9.88. The molecule has 3 aliphatic heterocycles. The molecule has 0 bridgehead atoms. The van der Waals surface area contributed by atoms with Gasteiger partial charge in [-0.2, -0.15) is 0 Å². The Kier molecular flexibility index (Phi) is 11.4. The fourth-order valence-electron chi connectivity index (χ4n) is 4.70. The molecule has 15 atom stereocenters. The number of aliphatic hydroxyl groups is 10. The molecule has 10 N–H and O–H groups in total. The van der Waals surface area contributed by atoms with E-state index in [1.165, 1.54) is 7.11 Å². The minimum Gasteiger partial charge on any atom is -0.396 e. The van der Waals surface area contributed by atoms with E-state index in [0.29, 0.717) is 0 Å². The normalized spacial score (nSPS) is 49.2. The average Bonchev–Trinajstić information content (AvgIpc) is 2.89. The molecule has 218 valence electrons. The lowest BCUT2D eigenvalue weighted by Crippen LogP contribution is -2.64. The topological polar surface area (TPSA) is 258 Å². The highest BCUT2D eigenvalue weighted by Gasteiger charge is 2.51. The van der Waals surface area contributed by atoms with Crippen LogP contribution in [0.15, 0.2) is 0 Å². The van der Waals surface area contributed by atoms with Gasteiger partial charge in [0.05, 0.1) is 25.9 Å². The first-order chi connectivity index (χ1) is 17.6. The van der Waals surface area contributed by atoms with Gasteiger partial charge in [-0.3, -0.25) is 0 Å². The van der Waals surface area contributed by atoms with Crippen LogP contribution in [0.4, 0.5) is 0 Å². The molecule has 0 saturated carbocycles. The van der Waals surface area contributed by atoms with Gasteiger partial charge < -0.3 is 79.5 Å². The molecule has 0 spiro atoms. The fourth-order valence-corrected chi connectivity index (χ4v) is 4.70. The summed E-state index contributed by atoms with van der Waals surface area (Å²) in [7, 11) is 1.30.